The van der Waals surface area contributed by atoms with Gasteiger partial charge in [-0.05, 0) is 18.2 Å². The lowest BCUT2D eigenvalue weighted by atomic mass is 10.2. The smallest absolute Gasteiger partial charge is 0.390 e. The molecule has 1 aliphatic heterocycles. The van der Waals surface area contributed by atoms with Crippen molar-refractivity contribution in [3.05, 3.63) is 23.8 Å². The van der Waals surface area contributed by atoms with Crippen molar-refractivity contribution in [2.45, 2.75) is 12.6 Å². The lowest BCUT2D eigenvalue weighted by Crippen LogP contribution is -2.28. The van der Waals surface area contributed by atoms with Gasteiger partial charge in [-0.15, -0.1) is 0 Å². The van der Waals surface area contributed by atoms with Crippen LogP contribution in [0.2, 0.25) is 0 Å². The molecular weight excluding hydrogens is 263 g/mol. The molecule has 7 heteroatoms. The zero-order valence-electron chi connectivity index (χ0n) is 9.92. The average molecular weight is 275 g/mol. The standard InChI is InChI=1S/C12H12F3NO3/c13-12(14,15)3-4-16-11(17)8-1-2-9-10(7-8)19-6-5-18-9/h1-2,7H,3-6H2,(H,16,17). The monoisotopic (exact) mass is 275 g/mol. The van der Waals surface area contributed by atoms with E-state index in [-0.39, 0.29) is 5.56 Å². The highest BCUT2D eigenvalue weighted by atomic mass is 19.4. The summed E-state index contributed by atoms with van der Waals surface area (Å²) in [5.74, 6) is 0.383. The molecular formula is C12H12F3NO3. The SMILES string of the molecule is O=C(NCCC(F)(F)F)c1ccc2c(c1)OCCO2. The number of nitrogens with one attached hydrogen (secondary N) is 1. The number of halogens is 3. The third kappa shape index (κ3) is 3.77. The molecule has 1 amide bonds. The third-order valence-electron chi connectivity index (χ3n) is 2.50. The van der Waals surface area contributed by atoms with E-state index in [2.05, 4.69) is 5.32 Å². The van der Waals surface area contributed by atoms with Gasteiger partial charge in [0.15, 0.2) is 11.5 Å². The van der Waals surface area contributed by atoms with Crippen LogP contribution in [0.15, 0.2) is 18.2 Å². The third-order valence-corrected chi connectivity index (χ3v) is 2.50. The number of carbonyl (C=O) groups excluding carboxylic acids is 1. The molecule has 0 saturated carbocycles. The van der Waals surface area contributed by atoms with Crippen molar-refractivity contribution in [1.29, 1.82) is 0 Å². The van der Waals surface area contributed by atoms with Crippen molar-refractivity contribution >= 4 is 5.91 Å². The molecule has 0 spiro atoms. The summed E-state index contributed by atoms with van der Waals surface area (Å²) in [6, 6.07) is 4.50. The van der Waals surface area contributed by atoms with Crippen LogP contribution in [0.3, 0.4) is 0 Å². The fourth-order valence-corrected chi connectivity index (χ4v) is 1.60. The molecule has 0 radical (unpaired) electrons. The number of alkyl halides is 3. The van der Waals surface area contributed by atoms with Gasteiger partial charge >= 0.3 is 6.18 Å². The summed E-state index contributed by atoms with van der Waals surface area (Å²) in [4.78, 5) is 11.6. The predicted molar refractivity (Wildman–Crippen MR) is 60.4 cm³/mol. The van der Waals surface area contributed by atoms with Gasteiger partial charge in [0.2, 0.25) is 0 Å². The Labute approximate surface area is 107 Å². The summed E-state index contributed by atoms with van der Waals surface area (Å²) >= 11 is 0. The van der Waals surface area contributed by atoms with Crippen LogP contribution in [0.5, 0.6) is 11.5 Å². The summed E-state index contributed by atoms with van der Waals surface area (Å²) in [7, 11) is 0. The van der Waals surface area contributed by atoms with Gasteiger partial charge < -0.3 is 14.8 Å². The van der Waals surface area contributed by atoms with Crippen LogP contribution >= 0.6 is 0 Å². The number of benzene rings is 1. The van der Waals surface area contributed by atoms with Gasteiger partial charge in [-0.25, -0.2) is 0 Å². The number of fused-ring (bicyclic) bond motifs is 1. The van der Waals surface area contributed by atoms with Crippen molar-refractivity contribution in [2.75, 3.05) is 19.8 Å². The Bertz CT molecular complexity index is 474. The van der Waals surface area contributed by atoms with E-state index in [0.717, 1.165) is 0 Å². The molecule has 0 aliphatic carbocycles. The normalized spacial score (nSPS) is 14.1. The molecule has 0 saturated heterocycles. The summed E-state index contributed by atoms with van der Waals surface area (Å²) < 4.78 is 46.4. The van der Waals surface area contributed by atoms with Crippen molar-refractivity contribution in [2.24, 2.45) is 0 Å². The second-order valence-corrected chi connectivity index (χ2v) is 3.98. The molecule has 2 rings (SSSR count). The van der Waals surface area contributed by atoms with Gasteiger partial charge in [-0.1, -0.05) is 0 Å². The Morgan fingerprint density at radius 2 is 1.89 bits per heavy atom. The first-order valence-electron chi connectivity index (χ1n) is 5.70. The first kappa shape index (κ1) is 13.5. The molecule has 0 bridgehead atoms. The summed E-state index contributed by atoms with van der Waals surface area (Å²) in [5, 5.41) is 2.21. The van der Waals surface area contributed by atoms with Crippen LogP contribution in [0, 0.1) is 0 Å². The second kappa shape index (κ2) is 5.38. The number of hydrogen-bond acceptors (Lipinski definition) is 3. The molecule has 1 aromatic carbocycles. The molecule has 0 aromatic heterocycles. The van der Waals surface area contributed by atoms with Crippen molar-refractivity contribution in [3.8, 4) is 11.5 Å². The maximum Gasteiger partial charge on any atom is 0.390 e. The lowest BCUT2D eigenvalue weighted by Gasteiger charge is -2.18. The van der Waals surface area contributed by atoms with Crippen LogP contribution in [-0.2, 0) is 0 Å². The molecule has 4 nitrogen and oxygen atoms in total. The lowest BCUT2D eigenvalue weighted by molar-refractivity contribution is -0.132. The molecule has 1 aromatic rings. The van der Waals surface area contributed by atoms with Crippen LogP contribution in [-0.4, -0.2) is 31.8 Å². The topological polar surface area (TPSA) is 47.6 Å². The molecule has 0 unspecified atom stereocenters. The predicted octanol–water partition coefficient (Wildman–Crippen LogP) is 2.14. The van der Waals surface area contributed by atoms with E-state index < -0.39 is 25.0 Å². The average Bonchev–Trinajstić information content (AvgIpc) is 2.36. The minimum absolute atomic E-state index is 0.242. The maximum absolute atomic E-state index is 11.9. The zero-order chi connectivity index (χ0) is 13.9. The summed E-state index contributed by atoms with van der Waals surface area (Å²) in [5.41, 5.74) is 0.242. The minimum Gasteiger partial charge on any atom is -0.486 e. The number of rotatable bonds is 3. The Morgan fingerprint density at radius 1 is 1.21 bits per heavy atom. The van der Waals surface area contributed by atoms with E-state index in [1.165, 1.54) is 12.1 Å². The van der Waals surface area contributed by atoms with Crippen molar-refractivity contribution < 1.29 is 27.4 Å². The van der Waals surface area contributed by atoms with Gasteiger partial charge in [-0.3, -0.25) is 4.79 Å². The fourth-order valence-electron chi connectivity index (χ4n) is 1.60. The number of amides is 1. The highest BCUT2D eigenvalue weighted by Gasteiger charge is 2.26. The van der Waals surface area contributed by atoms with Crippen LogP contribution in [0.4, 0.5) is 13.2 Å². The fraction of sp³-hybridized carbons (Fsp3) is 0.417. The van der Waals surface area contributed by atoms with E-state index >= 15 is 0 Å². The number of carbonyl (C=O) groups is 1. The van der Waals surface area contributed by atoms with E-state index in [4.69, 9.17) is 9.47 Å². The first-order chi connectivity index (χ1) is 8.96. The minimum atomic E-state index is -4.28. The van der Waals surface area contributed by atoms with Crippen LogP contribution < -0.4 is 14.8 Å². The van der Waals surface area contributed by atoms with Gasteiger partial charge in [-0.2, -0.15) is 13.2 Å². The maximum atomic E-state index is 11.9. The van der Waals surface area contributed by atoms with Crippen LogP contribution in [0.1, 0.15) is 16.8 Å². The largest absolute Gasteiger partial charge is 0.486 e. The van der Waals surface area contributed by atoms with Crippen molar-refractivity contribution in [1.82, 2.24) is 5.32 Å². The van der Waals surface area contributed by atoms with E-state index in [9.17, 15) is 18.0 Å². The van der Waals surface area contributed by atoms with E-state index in [0.29, 0.717) is 24.7 Å². The zero-order valence-corrected chi connectivity index (χ0v) is 9.92. The van der Waals surface area contributed by atoms with Crippen molar-refractivity contribution in [3.63, 3.8) is 0 Å². The molecule has 104 valence electrons. The van der Waals surface area contributed by atoms with Crippen LogP contribution in [0.25, 0.3) is 0 Å². The second-order valence-electron chi connectivity index (χ2n) is 3.98. The molecule has 0 fully saturated rings. The Morgan fingerprint density at radius 3 is 2.58 bits per heavy atom. The van der Waals surface area contributed by atoms with E-state index in [1.807, 2.05) is 0 Å². The molecule has 0 atom stereocenters. The van der Waals surface area contributed by atoms with Gasteiger partial charge in [0.1, 0.15) is 13.2 Å². The van der Waals surface area contributed by atoms with E-state index in [1.54, 1.807) is 6.07 Å². The van der Waals surface area contributed by atoms with Gasteiger partial charge in [0.25, 0.3) is 5.91 Å². The highest BCUT2D eigenvalue weighted by Crippen LogP contribution is 2.30. The Hall–Kier alpha value is -1.92. The van der Waals surface area contributed by atoms with Gasteiger partial charge in [0, 0.05) is 12.1 Å². The number of ether oxygens (including phenoxy) is 2. The Balaban J connectivity index is 1.96. The summed E-state index contributed by atoms with van der Waals surface area (Å²) in [6.07, 6.45) is -5.33. The molecule has 1 N–H and O–H groups in total. The number of hydrogen-bond donors (Lipinski definition) is 1. The summed E-state index contributed by atoms with van der Waals surface area (Å²) in [6.45, 7) is 0.368. The highest BCUT2D eigenvalue weighted by molar-refractivity contribution is 5.94. The molecule has 19 heavy (non-hydrogen) atoms. The molecule has 1 heterocycles. The van der Waals surface area contributed by atoms with Gasteiger partial charge in [0.05, 0.1) is 6.42 Å². The Kier molecular flexibility index (Phi) is 3.82. The quantitative estimate of drug-likeness (QED) is 0.919. The first-order valence-corrected chi connectivity index (χ1v) is 5.70. The molecule has 1 aliphatic rings.